The number of allylic oxidation sites excluding steroid dienone is 2. The highest BCUT2D eigenvalue weighted by Gasteiger charge is 2.05. The van der Waals surface area contributed by atoms with E-state index in [1.807, 2.05) is 18.2 Å². The first-order chi connectivity index (χ1) is 7.15. The largest absolute Gasteiger partial charge is 0.402 e. The summed E-state index contributed by atoms with van der Waals surface area (Å²) in [4.78, 5) is 14.7. The van der Waals surface area contributed by atoms with E-state index >= 15 is 0 Å². The van der Waals surface area contributed by atoms with Crippen LogP contribution in [0.4, 0.5) is 5.69 Å². The lowest BCUT2D eigenvalue weighted by atomic mass is 10.2. The third-order valence-electron chi connectivity index (χ3n) is 1.75. The van der Waals surface area contributed by atoms with Gasteiger partial charge in [-0.3, -0.25) is 4.79 Å². The van der Waals surface area contributed by atoms with Crippen LogP contribution >= 0.6 is 11.6 Å². The number of para-hydroxylation sites is 1. The van der Waals surface area contributed by atoms with E-state index in [9.17, 15) is 4.79 Å². The van der Waals surface area contributed by atoms with Crippen LogP contribution in [0.2, 0.25) is 0 Å². The Morgan fingerprint density at radius 1 is 1.40 bits per heavy atom. The summed E-state index contributed by atoms with van der Waals surface area (Å²) in [6.07, 6.45) is 0.601. The molecule has 0 aliphatic carbocycles. The van der Waals surface area contributed by atoms with E-state index < -0.39 is 0 Å². The van der Waals surface area contributed by atoms with Gasteiger partial charge in [-0.25, -0.2) is 4.99 Å². The van der Waals surface area contributed by atoms with Crippen molar-refractivity contribution >= 4 is 28.7 Å². The van der Waals surface area contributed by atoms with Crippen LogP contribution < -0.4 is 5.73 Å². The number of carbonyl (C=O) groups is 1. The van der Waals surface area contributed by atoms with Crippen molar-refractivity contribution < 1.29 is 4.79 Å². The van der Waals surface area contributed by atoms with Crippen molar-refractivity contribution in [2.75, 3.05) is 0 Å². The van der Waals surface area contributed by atoms with Crippen LogP contribution in [0.1, 0.15) is 6.92 Å². The fraction of sp³-hybridized carbons (Fsp3) is 0.0909. The SMILES string of the molecule is CC(N)=C(C=O)C(Cl)=Nc1ccccc1. The van der Waals surface area contributed by atoms with Crippen LogP contribution in [0, 0.1) is 0 Å². The summed E-state index contributed by atoms with van der Waals surface area (Å²) in [6, 6.07) is 9.12. The Kier molecular flexibility index (Phi) is 4.06. The zero-order valence-electron chi connectivity index (χ0n) is 8.27. The molecule has 0 heterocycles. The lowest BCUT2D eigenvalue weighted by Gasteiger charge is -1.99. The minimum Gasteiger partial charge on any atom is -0.402 e. The van der Waals surface area contributed by atoms with E-state index in [4.69, 9.17) is 17.3 Å². The summed E-state index contributed by atoms with van der Waals surface area (Å²) >= 11 is 5.86. The fourth-order valence-corrected chi connectivity index (χ4v) is 1.27. The zero-order chi connectivity index (χ0) is 11.3. The first-order valence-corrected chi connectivity index (χ1v) is 4.74. The third-order valence-corrected chi connectivity index (χ3v) is 2.04. The first kappa shape index (κ1) is 11.5. The smallest absolute Gasteiger partial charge is 0.154 e. The number of aldehydes is 1. The molecular formula is C11H11ClN2O. The van der Waals surface area contributed by atoms with Gasteiger partial charge in [0, 0.05) is 5.70 Å². The van der Waals surface area contributed by atoms with Crippen LogP contribution in [0.15, 0.2) is 46.6 Å². The summed E-state index contributed by atoms with van der Waals surface area (Å²) in [6.45, 7) is 1.60. The van der Waals surface area contributed by atoms with Gasteiger partial charge in [0.25, 0.3) is 0 Å². The Morgan fingerprint density at radius 2 is 2.00 bits per heavy atom. The molecule has 0 fully saturated rings. The Morgan fingerprint density at radius 3 is 2.47 bits per heavy atom. The topological polar surface area (TPSA) is 55.5 Å². The number of benzene rings is 1. The van der Waals surface area contributed by atoms with Crippen LogP contribution in [0.5, 0.6) is 0 Å². The first-order valence-electron chi connectivity index (χ1n) is 4.36. The number of nitrogens with zero attached hydrogens (tertiary/aromatic N) is 1. The minimum absolute atomic E-state index is 0.108. The predicted molar refractivity (Wildman–Crippen MR) is 62.3 cm³/mol. The van der Waals surface area contributed by atoms with Crippen molar-refractivity contribution in [2.45, 2.75) is 6.92 Å². The number of hydrogen-bond acceptors (Lipinski definition) is 3. The molecule has 0 radical (unpaired) electrons. The van der Waals surface area contributed by atoms with Crippen molar-refractivity contribution in [3.63, 3.8) is 0 Å². The van der Waals surface area contributed by atoms with Gasteiger partial charge < -0.3 is 5.73 Å². The summed E-state index contributed by atoms with van der Waals surface area (Å²) in [7, 11) is 0. The van der Waals surface area contributed by atoms with Crippen molar-refractivity contribution in [1.29, 1.82) is 0 Å². The average molecular weight is 223 g/mol. The Labute approximate surface area is 93.3 Å². The summed E-state index contributed by atoms with van der Waals surface area (Å²) in [5.41, 5.74) is 6.75. The maximum Gasteiger partial charge on any atom is 0.154 e. The van der Waals surface area contributed by atoms with E-state index in [1.165, 1.54) is 0 Å². The number of halogens is 1. The molecule has 0 amide bonds. The Balaban J connectivity index is 3.04. The molecule has 78 valence electrons. The van der Waals surface area contributed by atoms with Crippen molar-refractivity contribution in [3.05, 3.63) is 41.6 Å². The fourth-order valence-electron chi connectivity index (χ4n) is 0.980. The van der Waals surface area contributed by atoms with E-state index in [0.29, 0.717) is 17.7 Å². The maximum absolute atomic E-state index is 10.7. The predicted octanol–water partition coefficient (Wildman–Crippen LogP) is 2.39. The lowest BCUT2D eigenvalue weighted by molar-refractivity contribution is -0.104. The molecule has 0 bridgehead atoms. The van der Waals surface area contributed by atoms with E-state index in [2.05, 4.69) is 4.99 Å². The summed E-state index contributed by atoms with van der Waals surface area (Å²) in [5.74, 6) is 0. The molecule has 4 heteroatoms. The number of rotatable bonds is 3. The van der Waals surface area contributed by atoms with Gasteiger partial charge in [0.05, 0.1) is 11.3 Å². The molecular weight excluding hydrogens is 212 g/mol. The lowest BCUT2D eigenvalue weighted by Crippen LogP contribution is -2.05. The standard InChI is InChI=1S/C11H11ClN2O/c1-8(13)10(7-15)11(12)14-9-5-3-2-4-6-9/h2-7H,13H2,1H3. The molecule has 15 heavy (non-hydrogen) atoms. The van der Waals surface area contributed by atoms with Crippen molar-refractivity contribution in [3.8, 4) is 0 Å². The average Bonchev–Trinajstić information content (AvgIpc) is 2.19. The van der Waals surface area contributed by atoms with Crippen LogP contribution in [-0.2, 0) is 4.79 Å². The monoisotopic (exact) mass is 222 g/mol. The molecule has 0 aliphatic heterocycles. The van der Waals surface area contributed by atoms with Gasteiger partial charge in [-0.05, 0) is 19.1 Å². The van der Waals surface area contributed by atoms with Gasteiger partial charge in [0.15, 0.2) is 6.29 Å². The molecule has 0 saturated carbocycles. The number of carbonyl (C=O) groups excluding carboxylic acids is 1. The second-order valence-corrected chi connectivity index (χ2v) is 3.31. The normalized spacial score (nSPS) is 13.3. The van der Waals surface area contributed by atoms with Crippen molar-refractivity contribution in [1.82, 2.24) is 0 Å². The molecule has 1 aromatic rings. The molecule has 0 unspecified atom stereocenters. The number of nitrogens with two attached hydrogens (primary N) is 1. The third kappa shape index (κ3) is 3.22. The second-order valence-electron chi connectivity index (χ2n) is 2.95. The van der Waals surface area contributed by atoms with Gasteiger partial charge in [0.1, 0.15) is 5.17 Å². The van der Waals surface area contributed by atoms with Crippen molar-refractivity contribution in [2.24, 2.45) is 10.7 Å². The van der Waals surface area contributed by atoms with Gasteiger partial charge in [-0.1, -0.05) is 29.8 Å². The highest BCUT2D eigenvalue weighted by Crippen LogP contribution is 2.14. The molecule has 0 saturated heterocycles. The van der Waals surface area contributed by atoms with Gasteiger partial charge in [0.2, 0.25) is 0 Å². The summed E-state index contributed by atoms with van der Waals surface area (Å²) < 4.78 is 0. The highest BCUT2D eigenvalue weighted by atomic mass is 35.5. The van der Waals surface area contributed by atoms with E-state index in [-0.39, 0.29) is 10.7 Å². The number of aliphatic imine (C=N–C) groups is 1. The Bertz CT molecular complexity index is 406. The highest BCUT2D eigenvalue weighted by molar-refractivity contribution is 6.72. The molecule has 0 atom stereocenters. The molecule has 1 aromatic carbocycles. The van der Waals surface area contributed by atoms with Gasteiger partial charge in [-0.15, -0.1) is 0 Å². The van der Waals surface area contributed by atoms with Crippen LogP contribution in [0.25, 0.3) is 0 Å². The molecule has 0 aromatic heterocycles. The summed E-state index contributed by atoms with van der Waals surface area (Å²) in [5, 5.41) is 0.108. The molecule has 1 rings (SSSR count). The molecule has 0 aliphatic rings. The van der Waals surface area contributed by atoms with Gasteiger partial charge >= 0.3 is 0 Å². The maximum atomic E-state index is 10.7. The molecule has 2 N–H and O–H groups in total. The minimum atomic E-state index is 0.108. The quantitative estimate of drug-likeness (QED) is 0.485. The van der Waals surface area contributed by atoms with E-state index in [1.54, 1.807) is 19.1 Å². The Hall–Kier alpha value is -1.61. The van der Waals surface area contributed by atoms with E-state index in [0.717, 1.165) is 0 Å². The van der Waals surface area contributed by atoms with Crippen LogP contribution in [0.3, 0.4) is 0 Å². The molecule has 0 spiro atoms. The number of hydrogen-bond donors (Lipinski definition) is 1. The second kappa shape index (κ2) is 5.32. The molecule has 3 nitrogen and oxygen atoms in total. The van der Waals surface area contributed by atoms with Gasteiger partial charge in [-0.2, -0.15) is 0 Å². The van der Waals surface area contributed by atoms with Crippen LogP contribution in [-0.4, -0.2) is 11.5 Å². The zero-order valence-corrected chi connectivity index (χ0v) is 9.03.